The fourth-order valence-electron chi connectivity index (χ4n) is 5.80. The number of hydrogen-bond donors (Lipinski definition) is 0. The summed E-state index contributed by atoms with van der Waals surface area (Å²) in [7, 11) is 0. The zero-order valence-corrected chi connectivity index (χ0v) is 20.8. The van der Waals surface area contributed by atoms with Gasteiger partial charge in [-0.2, -0.15) is 0 Å². The standard InChI is InChI=1S/C29H32S2/c1-18-26(20(3)30-28(18)22-12-7-5-8-13-22)24-16-11-17-25(24)27-19(2)29(31-21(27)4)23-14-9-6-10-15-23/h5,7-9,12-15,19,29H,6,10-11,16-17H2,1-4H3. The van der Waals surface area contributed by atoms with E-state index in [2.05, 4.69) is 88.0 Å². The summed E-state index contributed by atoms with van der Waals surface area (Å²) >= 11 is 4.09. The van der Waals surface area contributed by atoms with Crippen LogP contribution in [0.25, 0.3) is 16.0 Å². The maximum absolute atomic E-state index is 2.48. The second-order valence-electron chi connectivity index (χ2n) is 9.14. The number of aryl methyl sites for hydroxylation is 1. The lowest BCUT2D eigenvalue weighted by Crippen LogP contribution is -2.15. The first kappa shape index (κ1) is 21.1. The molecule has 2 aliphatic carbocycles. The summed E-state index contributed by atoms with van der Waals surface area (Å²) in [4.78, 5) is 4.49. The van der Waals surface area contributed by atoms with E-state index < -0.39 is 0 Å². The van der Waals surface area contributed by atoms with Gasteiger partial charge in [-0.25, -0.2) is 0 Å². The van der Waals surface area contributed by atoms with Crippen molar-refractivity contribution in [2.45, 2.75) is 65.0 Å². The van der Waals surface area contributed by atoms with Crippen molar-refractivity contribution in [1.29, 1.82) is 0 Å². The highest BCUT2D eigenvalue weighted by atomic mass is 32.2. The number of allylic oxidation sites excluding steroid dienone is 7. The molecule has 0 saturated carbocycles. The van der Waals surface area contributed by atoms with E-state index in [-0.39, 0.29) is 0 Å². The van der Waals surface area contributed by atoms with E-state index in [1.54, 1.807) is 32.8 Å². The van der Waals surface area contributed by atoms with E-state index in [9.17, 15) is 0 Å². The molecule has 0 nitrogen and oxygen atoms in total. The molecule has 160 valence electrons. The van der Waals surface area contributed by atoms with Gasteiger partial charge in [0.2, 0.25) is 0 Å². The molecular formula is C29H32S2. The highest BCUT2D eigenvalue weighted by Crippen LogP contribution is 2.54. The van der Waals surface area contributed by atoms with Gasteiger partial charge in [-0.3, -0.25) is 0 Å². The Morgan fingerprint density at radius 2 is 1.71 bits per heavy atom. The average molecular weight is 445 g/mol. The third kappa shape index (κ3) is 3.72. The molecule has 1 aromatic carbocycles. The molecule has 0 N–H and O–H groups in total. The molecule has 2 unspecified atom stereocenters. The lowest BCUT2D eigenvalue weighted by atomic mass is 9.84. The molecule has 0 bridgehead atoms. The molecule has 1 aromatic heterocycles. The maximum atomic E-state index is 2.48. The third-order valence-electron chi connectivity index (χ3n) is 7.15. The second-order valence-corrected chi connectivity index (χ2v) is 11.7. The molecular weight excluding hydrogens is 412 g/mol. The summed E-state index contributed by atoms with van der Waals surface area (Å²) in [6.45, 7) is 9.52. The van der Waals surface area contributed by atoms with Crippen molar-refractivity contribution in [3.05, 3.63) is 86.2 Å². The lowest BCUT2D eigenvalue weighted by Gasteiger charge is -2.22. The van der Waals surface area contributed by atoms with Crippen LogP contribution in [0.1, 0.15) is 62.0 Å². The molecule has 0 saturated heterocycles. The normalized spacial score (nSPS) is 23.8. The highest BCUT2D eigenvalue weighted by Gasteiger charge is 2.36. The first-order valence-corrected chi connectivity index (χ1v) is 13.4. The van der Waals surface area contributed by atoms with Gasteiger partial charge >= 0.3 is 0 Å². The van der Waals surface area contributed by atoms with E-state index >= 15 is 0 Å². The minimum Gasteiger partial charge on any atom is -0.140 e. The Balaban J connectivity index is 1.56. The van der Waals surface area contributed by atoms with Gasteiger partial charge < -0.3 is 0 Å². The van der Waals surface area contributed by atoms with Crippen LogP contribution >= 0.6 is 23.1 Å². The van der Waals surface area contributed by atoms with Gasteiger partial charge in [0.15, 0.2) is 0 Å². The molecule has 3 aliphatic rings. The molecule has 0 fully saturated rings. The predicted molar refractivity (Wildman–Crippen MR) is 140 cm³/mol. The van der Waals surface area contributed by atoms with Crippen LogP contribution in [0.5, 0.6) is 0 Å². The van der Waals surface area contributed by atoms with Crippen LogP contribution in [0, 0.1) is 19.8 Å². The summed E-state index contributed by atoms with van der Waals surface area (Å²) in [5.74, 6) is 0.593. The largest absolute Gasteiger partial charge is 0.140 e. The van der Waals surface area contributed by atoms with E-state index in [1.165, 1.54) is 53.0 Å². The van der Waals surface area contributed by atoms with Crippen molar-refractivity contribution >= 4 is 28.7 Å². The van der Waals surface area contributed by atoms with Crippen LogP contribution in [0.2, 0.25) is 0 Å². The zero-order chi connectivity index (χ0) is 21.5. The summed E-state index contributed by atoms with van der Waals surface area (Å²) in [5.41, 5.74) is 10.9. The molecule has 2 aromatic rings. The van der Waals surface area contributed by atoms with E-state index in [0.29, 0.717) is 11.2 Å². The van der Waals surface area contributed by atoms with Gasteiger partial charge in [0.05, 0.1) is 0 Å². The van der Waals surface area contributed by atoms with Crippen molar-refractivity contribution in [2.24, 2.45) is 5.92 Å². The Labute approximate surface area is 195 Å². The lowest BCUT2D eigenvalue weighted by molar-refractivity contribution is 0.702. The SMILES string of the molecule is CC1=C(C2=C(c3c(C)sc(-c4ccccc4)c3C)CCC2)C(C)C(C2=CCCC=C2)S1. The average Bonchev–Trinajstić information content (AvgIpc) is 3.45. The minimum atomic E-state index is 0.588. The highest BCUT2D eigenvalue weighted by molar-refractivity contribution is 8.04. The van der Waals surface area contributed by atoms with E-state index in [4.69, 9.17) is 0 Å². The fraction of sp³-hybridized carbons (Fsp3) is 0.379. The topological polar surface area (TPSA) is 0 Å². The maximum Gasteiger partial charge on any atom is 0.0404 e. The van der Waals surface area contributed by atoms with Crippen LogP contribution < -0.4 is 0 Å². The predicted octanol–water partition coefficient (Wildman–Crippen LogP) is 9.27. The molecule has 2 heteroatoms. The summed E-state index contributed by atoms with van der Waals surface area (Å²) in [6, 6.07) is 10.9. The van der Waals surface area contributed by atoms with Gasteiger partial charge in [0.1, 0.15) is 0 Å². The van der Waals surface area contributed by atoms with Crippen LogP contribution in [0.3, 0.4) is 0 Å². The van der Waals surface area contributed by atoms with Crippen molar-refractivity contribution in [3.63, 3.8) is 0 Å². The van der Waals surface area contributed by atoms with Gasteiger partial charge in [-0.05, 0) is 103 Å². The van der Waals surface area contributed by atoms with Gasteiger partial charge in [0.25, 0.3) is 0 Å². The molecule has 2 heterocycles. The van der Waals surface area contributed by atoms with Crippen molar-refractivity contribution < 1.29 is 0 Å². The number of thioether (sulfide) groups is 1. The molecule has 0 amide bonds. The Hall–Kier alpha value is -1.77. The van der Waals surface area contributed by atoms with E-state index in [1.807, 2.05) is 11.3 Å². The first-order chi connectivity index (χ1) is 15.1. The summed E-state index contributed by atoms with van der Waals surface area (Å²) in [6.07, 6.45) is 13.4. The van der Waals surface area contributed by atoms with Gasteiger partial charge in [0, 0.05) is 15.0 Å². The Kier molecular flexibility index (Phi) is 5.88. The number of thiophene rings is 1. The first-order valence-electron chi connectivity index (χ1n) is 11.7. The number of benzene rings is 1. The number of hydrogen-bond acceptors (Lipinski definition) is 2. The summed E-state index contributed by atoms with van der Waals surface area (Å²) < 4.78 is 0. The summed E-state index contributed by atoms with van der Waals surface area (Å²) in [5, 5.41) is 0.588. The Morgan fingerprint density at radius 3 is 2.45 bits per heavy atom. The van der Waals surface area contributed by atoms with Gasteiger partial charge in [-0.15, -0.1) is 23.1 Å². The quantitative estimate of drug-likeness (QED) is 0.453. The Morgan fingerprint density at radius 1 is 0.935 bits per heavy atom. The fourth-order valence-corrected chi connectivity index (χ4v) is 8.46. The van der Waals surface area contributed by atoms with Crippen LogP contribution in [-0.2, 0) is 0 Å². The Bertz CT molecular complexity index is 1120. The molecule has 31 heavy (non-hydrogen) atoms. The molecule has 2 atom stereocenters. The second kappa shape index (κ2) is 8.64. The molecule has 0 radical (unpaired) electrons. The molecule has 1 aliphatic heterocycles. The van der Waals surface area contributed by atoms with Crippen LogP contribution in [0.15, 0.2) is 70.2 Å². The van der Waals surface area contributed by atoms with Gasteiger partial charge in [-0.1, -0.05) is 55.5 Å². The zero-order valence-electron chi connectivity index (χ0n) is 19.1. The van der Waals surface area contributed by atoms with Crippen molar-refractivity contribution in [1.82, 2.24) is 0 Å². The number of rotatable bonds is 4. The minimum absolute atomic E-state index is 0.588. The van der Waals surface area contributed by atoms with Crippen molar-refractivity contribution in [3.8, 4) is 10.4 Å². The third-order valence-corrected chi connectivity index (χ3v) is 9.91. The smallest absolute Gasteiger partial charge is 0.0404 e. The van der Waals surface area contributed by atoms with Crippen molar-refractivity contribution in [2.75, 3.05) is 0 Å². The van der Waals surface area contributed by atoms with E-state index in [0.717, 1.165) is 0 Å². The monoisotopic (exact) mass is 444 g/mol. The molecule has 5 rings (SSSR count). The van der Waals surface area contributed by atoms with Crippen LogP contribution in [-0.4, -0.2) is 5.25 Å². The molecule has 0 spiro atoms. The van der Waals surface area contributed by atoms with Crippen LogP contribution in [0.4, 0.5) is 0 Å².